The van der Waals surface area contributed by atoms with Gasteiger partial charge >= 0.3 is 0 Å². The van der Waals surface area contributed by atoms with E-state index in [0.717, 1.165) is 22.0 Å². The molecule has 198 valence electrons. The Hall–Kier alpha value is -3.80. The van der Waals surface area contributed by atoms with Gasteiger partial charge in [-0.25, -0.2) is 13.4 Å². The summed E-state index contributed by atoms with van der Waals surface area (Å²) in [6, 6.07) is 16.0. The van der Waals surface area contributed by atoms with Crippen molar-refractivity contribution in [2.75, 3.05) is 36.1 Å². The van der Waals surface area contributed by atoms with Gasteiger partial charge in [-0.05, 0) is 67.1 Å². The fourth-order valence-electron chi connectivity index (χ4n) is 3.41. The Kier molecular flexibility index (Phi) is 8.40. The number of aryl methyl sites for hydroxylation is 1. The van der Waals surface area contributed by atoms with Gasteiger partial charge in [0.25, 0.3) is 15.9 Å². The lowest BCUT2D eigenvalue weighted by molar-refractivity contribution is -0.118. The number of ether oxygens (including phenoxy) is 2. The lowest BCUT2D eigenvalue weighted by Gasteiger charge is -2.13. The van der Waals surface area contributed by atoms with Crippen LogP contribution in [0.3, 0.4) is 0 Å². The average molecular weight is 573 g/mol. The number of thiazole rings is 1. The van der Waals surface area contributed by atoms with E-state index in [4.69, 9.17) is 21.1 Å². The first kappa shape index (κ1) is 27.2. The second kappa shape index (κ2) is 11.7. The van der Waals surface area contributed by atoms with Crippen LogP contribution in [0.5, 0.6) is 11.5 Å². The van der Waals surface area contributed by atoms with Gasteiger partial charge in [0.1, 0.15) is 11.5 Å². The van der Waals surface area contributed by atoms with Crippen LogP contribution in [0.25, 0.3) is 11.3 Å². The van der Waals surface area contributed by atoms with Crippen LogP contribution in [0.15, 0.2) is 70.9 Å². The van der Waals surface area contributed by atoms with Crippen LogP contribution in [0, 0.1) is 6.92 Å². The first-order valence-corrected chi connectivity index (χ1v) is 14.1. The quantitative estimate of drug-likeness (QED) is 0.225. The molecular formula is C26H25ClN4O5S2. The van der Waals surface area contributed by atoms with Gasteiger partial charge in [-0.2, -0.15) is 0 Å². The molecule has 1 aromatic heterocycles. The largest absolute Gasteiger partial charge is 0.495 e. The second-order valence-electron chi connectivity index (χ2n) is 8.08. The summed E-state index contributed by atoms with van der Waals surface area (Å²) >= 11 is 7.56. The van der Waals surface area contributed by atoms with Crippen LogP contribution in [-0.2, 0) is 14.8 Å². The van der Waals surface area contributed by atoms with Gasteiger partial charge in [-0.3, -0.25) is 9.52 Å². The minimum atomic E-state index is -3.83. The van der Waals surface area contributed by atoms with Crippen LogP contribution in [-0.4, -0.2) is 40.1 Å². The van der Waals surface area contributed by atoms with Crippen molar-refractivity contribution < 1.29 is 22.7 Å². The minimum Gasteiger partial charge on any atom is -0.495 e. The normalized spacial score (nSPS) is 11.1. The van der Waals surface area contributed by atoms with Crippen LogP contribution in [0.2, 0.25) is 5.02 Å². The molecule has 0 fully saturated rings. The van der Waals surface area contributed by atoms with Gasteiger partial charge < -0.3 is 20.1 Å². The van der Waals surface area contributed by atoms with Crippen molar-refractivity contribution in [1.29, 1.82) is 0 Å². The van der Waals surface area contributed by atoms with Gasteiger partial charge in [0.2, 0.25) is 0 Å². The van der Waals surface area contributed by atoms with E-state index in [1.54, 1.807) is 37.4 Å². The van der Waals surface area contributed by atoms with Crippen molar-refractivity contribution in [3.8, 4) is 22.8 Å². The number of benzene rings is 3. The standard InChI is InChI=1S/C26H25ClN4O5S2/c1-16-4-6-18(13-21(16)27)31-38(33,34)20-9-7-19(8-10-20)36-14-25(32)29-22-12-17(5-11-24(22)35-3)23-15-37-26(28-2)30-23/h4-13,15,31H,14H2,1-3H3,(H,28,30)(H,29,32). The van der Waals surface area contributed by atoms with E-state index in [-0.39, 0.29) is 11.5 Å². The summed E-state index contributed by atoms with van der Waals surface area (Å²) in [4.78, 5) is 17.1. The Morgan fingerprint density at radius 2 is 1.84 bits per heavy atom. The van der Waals surface area contributed by atoms with Gasteiger partial charge in [0, 0.05) is 23.0 Å². The Morgan fingerprint density at radius 1 is 1.08 bits per heavy atom. The molecule has 0 bridgehead atoms. The van der Waals surface area contributed by atoms with E-state index in [2.05, 4.69) is 20.3 Å². The fraction of sp³-hybridized carbons (Fsp3) is 0.154. The van der Waals surface area contributed by atoms with Crippen molar-refractivity contribution in [2.45, 2.75) is 11.8 Å². The molecule has 0 aliphatic rings. The lowest BCUT2D eigenvalue weighted by Crippen LogP contribution is -2.20. The van der Waals surface area contributed by atoms with E-state index >= 15 is 0 Å². The number of aromatic nitrogens is 1. The number of anilines is 3. The summed E-state index contributed by atoms with van der Waals surface area (Å²) in [5.74, 6) is 0.410. The van der Waals surface area contributed by atoms with Crippen LogP contribution < -0.4 is 24.8 Å². The molecule has 0 spiro atoms. The van der Waals surface area contributed by atoms with Crippen molar-refractivity contribution in [3.05, 3.63) is 76.6 Å². The molecule has 1 heterocycles. The Bertz CT molecular complexity index is 1560. The zero-order valence-corrected chi connectivity index (χ0v) is 23.1. The molecule has 0 saturated heterocycles. The third-order valence-electron chi connectivity index (χ3n) is 5.42. The summed E-state index contributed by atoms with van der Waals surface area (Å²) in [5, 5.41) is 8.94. The molecule has 4 aromatic rings. The number of carbonyl (C=O) groups is 1. The summed E-state index contributed by atoms with van der Waals surface area (Å²) in [7, 11) is -0.518. The summed E-state index contributed by atoms with van der Waals surface area (Å²) in [6.07, 6.45) is 0. The number of nitrogens with one attached hydrogen (secondary N) is 3. The minimum absolute atomic E-state index is 0.0380. The number of amides is 1. The van der Waals surface area contributed by atoms with Gasteiger partial charge in [0.05, 0.1) is 29.1 Å². The first-order chi connectivity index (χ1) is 18.2. The van der Waals surface area contributed by atoms with Crippen molar-refractivity contribution in [3.63, 3.8) is 0 Å². The molecule has 0 saturated carbocycles. The topological polar surface area (TPSA) is 119 Å². The molecule has 9 nitrogen and oxygen atoms in total. The number of rotatable bonds is 10. The predicted molar refractivity (Wildman–Crippen MR) is 151 cm³/mol. The smallest absolute Gasteiger partial charge is 0.262 e. The summed E-state index contributed by atoms with van der Waals surface area (Å²) < 4.78 is 38.8. The maximum atomic E-state index is 12.7. The van der Waals surface area contributed by atoms with Crippen LogP contribution in [0.1, 0.15) is 5.56 Å². The Balaban J connectivity index is 1.38. The monoisotopic (exact) mass is 572 g/mol. The van der Waals surface area contributed by atoms with Gasteiger partial charge in [0.15, 0.2) is 11.7 Å². The van der Waals surface area contributed by atoms with Crippen molar-refractivity contribution in [1.82, 2.24) is 4.98 Å². The first-order valence-electron chi connectivity index (χ1n) is 11.3. The highest BCUT2D eigenvalue weighted by Crippen LogP contribution is 2.32. The molecule has 3 aromatic carbocycles. The highest BCUT2D eigenvalue weighted by Gasteiger charge is 2.16. The van der Waals surface area contributed by atoms with Crippen LogP contribution >= 0.6 is 22.9 Å². The number of nitrogens with zero attached hydrogens (tertiary/aromatic N) is 1. The number of carbonyl (C=O) groups excluding carboxylic acids is 1. The molecule has 3 N–H and O–H groups in total. The van der Waals surface area contributed by atoms with Crippen molar-refractivity contribution in [2.24, 2.45) is 0 Å². The van der Waals surface area contributed by atoms with E-state index < -0.39 is 15.9 Å². The number of methoxy groups -OCH3 is 1. The number of hydrogen-bond donors (Lipinski definition) is 3. The maximum Gasteiger partial charge on any atom is 0.262 e. The average Bonchev–Trinajstić information content (AvgIpc) is 3.39. The third kappa shape index (κ3) is 6.55. The highest BCUT2D eigenvalue weighted by atomic mass is 35.5. The number of hydrogen-bond acceptors (Lipinski definition) is 8. The summed E-state index contributed by atoms with van der Waals surface area (Å²) in [5.41, 5.74) is 3.26. The number of halogens is 1. The second-order valence-corrected chi connectivity index (χ2v) is 11.0. The van der Waals surface area contributed by atoms with Crippen LogP contribution in [0.4, 0.5) is 16.5 Å². The van der Waals surface area contributed by atoms with E-state index in [1.165, 1.54) is 42.7 Å². The third-order valence-corrected chi connectivity index (χ3v) is 8.08. The van der Waals surface area contributed by atoms with E-state index in [9.17, 15) is 13.2 Å². The zero-order chi connectivity index (χ0) is 27.3. The van der Waals surface area contributed by atoms with E-state index in [1.807, 2.05) is 18.4 Å². The molecule has 12 heteroatoms. The Morgan fingerprint density at radius 3 is 2.50 bits per heavy atom. The molecule has 38 heavy (non-hydrogen) atoms. The van der Waals surface area contributed by atoms with Gasteiger partial charge in [-0.1, -0.05) is 17.7 Å². The van der Waals surface area contributed by atoms with Crippen molar-refractivity contribution >= 4 is 55.4 Å². The van der Waals surface area contributed by atoms with Gasteiger partial charge in [-0.15, -0.1) is 11.3 Å². The fourth-order valence-corrected chi connectivity index (χ4v) is 5.32. The number of sulfonamides is 1. The van der Waals surface area contributed by atoms with E-state index in [0.29, 0.717) is 27.9 Å². The molecular weight excluding hydrogens is 548 g/mol. The lowest BCUT2D eigenvalue weighted by atomic mass is 10.1. The maximum absolute atomic E-state index is 12.7. The SMILES string of the molecule is CNc1nc(-c2ccc(OC)c(NC(=O)COc3ccc(S(=O)(=O)Nc4ccc(C)c(Cl)c4)cc3)c2)cs1. The molecule has 0 unspecified atom stereocenters. The molecule has 0 atom stereocenters. The molecule has 1 amide bonds. The molecule has 0 aliphatic heterocycles. The highest BCUT2D eigenvalue weighted by molar-refractivity contribution is 7.92. The molecule has 0 radical (unpaired) electrons. The molecule has 0 aliphatic carbocycles. The Labute approximate surface area is 229 Å². The summed E-state index contributed by atoms with van der Waals surface area (Å²) in [6.45, 7) is 1.54. The molecule has 4 rings (SSSR count). The predicted octanol–water partition coefficient (Wildman–Crippen LogP) is 5.64. The zero-order valence-electron chi connectivity index (χ0n) is 20.7.